The Morgan fingerprint density at radius 1 is 1.45 bits per heavy atom. The highest BCUT2D eigenvalue weighted by molar-refractivity contribution is 9.10. The van der Waals surface area contributed by atoms with E-state index in [-0.39, 0.29) is 18.6 Å². The highest BCUT2D eigenvalue weighted by Crippen LogP contribution is 2.21. The standard InChI is InChI=1S/C16H21BrN2O2S/c1-22-9-6-14(11-20)18-16(21)5-8-19-7-4-12-2-3-13(17)10-15(12)19/h2-4,7,10,14,20H,5-6,8-9,11H2,1H3,(H,18,21). The zero-order valence-corrected chi connectivity index (χ0v) is 15.0. The monoisotopic (exact) mass is 384 g/mol. The van der Waals surface area contributed by atoms with E-state index in [2.05, 4.69) is 44.0 Å². The van der Waals surface area contributed by atoms with E-state index >= 15 is 0 Å². The van der Waals surface area contributed by atoms with Crippen LogP contribution in [0.25, 0.3) is 10.9 Å². The van der Waals surface area contributed by atoms with Gasteiger partial charge in [0.1, 0.15) is 0 Å². The number of hydrogen-bond donors (Lipinski definition) is 2. The van der Waals surface area contributed by atoms with Gasteiger partial charge in [0.05, 0.1) is 12.6 Å². The summed E-state index contributed by atoms with van der Waals surface area (Å²) in [6, 6.07) is 8.03. The van der Waals surface area contributed by atoms with Crippen molar-refractivity contribution in [2.45, 2.75) is 25.4 Å². The molecule has 1 amide bonds. The van der Waals surface area contributed by atoms with Gasteiger partial charge in [0.15, 0.2) is 0 Å². The van der Waals surface area contributed by atoms with Crippen molar-refractivity contribution in [1.29, 1.82) is 0 Å². The Labute approximate surface area is 143 Å². The van der Waals surface area contributed by atoms with Gasteiger partial charge in [0.2, 0.25) is 5.91 Å². The number of amides is 1. The Bertz CT molecular complexity index is 630. The van der Waals surface area contributed by atoms with Crippen molar-refractivity contribution < 1.29 is 9.90 Å². The van der Waals surface area contributed by atoms with Crippen LogP contribution in [0.2, 0.25) is 0 Å². The minimum Gasteiger partial charge on any atom is -0.394 e. The number of carbonyl (C=O) groups excluding carboxylic acids is 1. The molecule has 6 heteroatoms. The molecule has 2 N–H and O–H groups in total. The molecule has 0 aliphatic rings. The summed E-state index contributed by atoms with van der Waals surface area (Å²) in [6.45, 7) is 0.623. The topological polar surface area (TPSA) is 54.3 Å². The maximum atomic E-state index is 12.0. The number of carbonyl (C=O) groups is 1. The number of aryl methyl sites for hydroxylation is 1. The second kappa shape index (κ2) is 8.60. The fraction of sp³-hybridized carbons (Fsp3) is 0.438. The lowest BCUT2D eigenvalue weighted by molar-refractivity contribution is -0.122. The average Bonchev–Trinajstić information content (AvgIpc) is 2.91. The largest absolute Gasteiger partial charge is 0.394 e. The molecule has 0 aliphatic heterocycles. The number of halogens is 1. The molecule has 2 aromatic rings. The van der Waals surface area contributed by atoms with Crippen molar-refractivity contribution in [1.82, 2.24) is 9.88 Å². The minimum atomic E-state index is -0.143. The summed E-state index contributed by atoms with van der Waals surface area (Å²) in [5, 5.41) is 13.4. The van der Waals surface area contributed by atoms with Crippen LogP contribution in [-0.4, -0.2) is 40.2 Å². The lowest BCUT2D eigenvalue weighted by Gasteiger charge is -2.16. The predicted molar refractivity (Wildman–Crippen MR) is 96.3 cm³/mol. The lowest BCUT2D eigenvalue weighted by atomic mass is 10.2. The van der Waals surface area contributed by atoms with Gasteiger partial charge in [-0.25, -0.2) is 0 Å². The molecule has 0 saturated carbocycles. The molecule has 0 radical (unpaired) electrons. The van der Waals surface area contributed by atoms with Gasteiger partial charge in [0.25, 0.3) is 0 Å². The van der Waals surface area contributed by atoms with Crippen molar-refractivity contribution in [3.05, 3.63) is 34.9 Å². The number of nitrogens with one attached hydrogen (secondary N) is 1. The number of aliphatic hydroxyl groups excluding tert-OH is 1. The molecule has 1 atom stereocenters. The third kappa shape index (κ3) is 4.76. The lowest BCUT2D eigenvalue weighted by Crippen LogP contribution is -2.38. The number of hydrogen-bond acceptors (Lipinski definition) is 3. The third-order valence-corrected chi connectivity index (χ3v) is 4.71. The first-order valence-corrected chi connectivity index (χ1v) is 9.46. The molecule has 0 fully saturated rings. The number of aromatic nitrogens is 1. The van der Waals surface area contributed by atoms with Gasteiger partial charge in [0, 0.05) is 29.2 Å². The smallest absolute Gasteiger partial charge is 0.222 e. The van der Waals surface area contributed by atoms with Gasteiger partial charge in [-0.3, -0.25) is 4.79 Å². The molecule has 4 nitrogen and oxygen atoms in total. The van der Waals surface area contributed by atoms with Crippen molar-refractivity contribution in [3.63, 3.8) is 0 Å². The average molecular weight is 385 g/mol. The highest BCUT2D eigenvalue weighted by atomic mass is 79.9. The fourth-order valence-electron chi connectivity index (χ4n) is 2.34. The van der Waals surface area contributed by atoms with Crippen LogP contribution in [-0.2, 0) is 11.3 Å². The molecule has 1 heterocycles. The first kappa shape index (κ1) is 17.4. The molecule has 0 saturated heterocycles. The molecule has 2 rings (SSSR count). The Morgan fingerprint density at radius 3 is 3.00 bits per heavy atom. The Kier molecular flexibility index (Phi) is 6.79. The number of aliphatic hydroxyl groups is 1. The Hall–Kier alpha value is -0.980. The fourth-order valence-corrected chi connectivity index (χ4v) is 3.21. The second-order valence-electron chi connectivity index (χ2n) is 5.19. The van der Waals surface area contributed by atoms with Crippen LogP contribution >= 0.6 is 27.7 Å². The zero-order valence-electron chi connectivity index (χ0n) is 12.6. The second-order valence-corrected chi connectivity index (χ2v) is 7.09. The normalized spacial score (nSPS) is 12.5. The summed E-state index contributed by atoms with van der Waals surface area (Å²) < 4.78 is 3.11. The number of nitrogens with zero attached hydrogens (tertiary/aromatic N) is 1. The Morgan fingerprint density at radius 2 is 2.27 bits per heavy atom. The van der Waals surface area contributed by atoms with Crippen LogP contribution in [0.5, 0.6) is 0 Å². The molecule has 1 aromatic heterocycles. The summed E-state index contributed by atoms with van der Waals surface area (Å²) >= 11 is 5.19. The summed E-state index contributed by atoms with van der Waals surface area (Å²) in [6.07, 6.45) is 5.22. The van der Waals surface area contributed by atoms with Gasteiger partial charge in [-0.15, -0.1) is 0 Å². The number of thioether (sulfide) groups is 1. The molecular weight excluding hydrogens is 364 g/mol. The number of rotatable bonds is 8. The summed E-state index contributed by atoms with van der Waals surface area (Å²) in [5.74, 6) is 0.916. The first-order valence-electron chi connectivity index (χ1n) is 7.27. The summed E-state index contributed by atoms with van der Waals surface area (Å²) in [5.41, 5.74) is 1.11. The Balaban J connectivity index is 1.91. The van der Waals surface area contributed by atoms with Gasteiger partial charge < -0.3 is 15.0 Å². The predicted octanol–water partition coefficient (Wildman–Crippen LogP) is 3.02. The van der Waals surface area contributed by atoms with Crippen LogP contribution < -0.4 is 5.32 Å². The van der Waals surface area contributed by atoms with E-state index in [4.69, 9.17) is 0 Å². The minimum absolute atomic E-state index is 0.00824. The van der Waals surface area contributed by atoms with E-state index in [9.17, 15) is 9.90 Å². The zero-order chi connectivity index (χ0) is 15.9. The van der Waals surface area contributed by atoms with Crippen LogP contribution in [0.4, 0.5) is 0 Å². The van der Waals surface area contributed by atoms with E-state index in [0.717, 1.165) is 27.5 Å². The number of fused-ring (bicyclic) bond motifs is 1. The van der Waals surface area contributed by atoms with Gasteiger partial charge in [-0.1, -0.05) is 22.0 Å². The van der Waals surface area contributed by atoms with Crippen molar-refractivity contribution in [3.8, 4) is 0 Å². The van der Waals surface area contributed by atoms with Crippen molar-refractivity contribution in [2.75, 3.05) is 18.6 Å². The van der Waals surface area contributed by atoms with Crippen molar-refractivity contribution >= 4 is 44.5 Å². The molecule has 22 heavy (non-hydrogen) atoms. The molecule has 0 aliphatic carbocycles. The molecular formula is C16H21BrN2O2S. The molecule has 120 valence electrons. The van der Waals surface area contributed by atoms with Crippen LogP contribution in [0.3, 0.4) is 0 Å². The molecule has 0 spiro atoms. The quantitative estimate of drug-likeness (QED) is 0.735. The van der Waals surface area contributed by atoms with Gasteiger partial charge in [-0.05, 0) is 42.0 Å². The number of benzene rings is 1. The van der Waals surface area contributed by atoms with E-state index in [0.29, 0.717) is 13.0 Å². The van der Waals surface area contributed by atoms with E-state index in [1.807, 2.05) is 18.5 Å². The third-order valence-electron chi connectivity index (χ3n) is 3.57. The summed E-state index contributed by atoms with van der Waals surface area (Å²) in [4.78, 5) is 12.0. The summed E-state index contributed by atoms with van der Waals surface area (Å²) in [7, 11) is 0. The maximum absolute atomic E-state index is 12.0. The van der Waals surface area contributed by atoms with Gasteiger partial charge in [-0.2, -0.15) is 11.8 Å². The van der Waals surface area contributed by atoms with Gasteiger partial charge >= 0.3 is 0 Å². The van der Waals surface area contributed by atoms with Crippen molar-refractivity contribution in [2.24, 2.45) is 0 Å². The first-order chi connectivity index (χ1) is 10.6. The molecule has 1 aromatic carbocycles. The molecule has 0 bridgehead atoms. The van der Waals surface area contributed by atoms with Crippen LogP contribution in [0.1, 0.15) is 12.8 Å². The SMILES string of the molecule is CSCCC(CO)NC(=O)CCn1ccc2ccc(Br)cc21. The van der Waals surface area contributed by atoms with E-state index < -0.39 is 0 Å². The van der Waals surface area contributed by atoms with Crippen LogP contribution in [0, 0.1) is 0 Å². The highest BCUT2D eigenvalue weighted by Gasteiger charge is 2.11. The van der Waals surface area contributed by atoms with E-state index in [1.165, 1.54) is 0 Å². The molecule has 1 unspecified atom stereocenters. The van der Waals surface area contributed by atoms with E-state index in [1.54, 1.807) is 11.8 Å². The van der Waals surface area contributed by atoms with Crippen LogP contribution in [0.15, 0.2) is 34.9 Å². The maximum Gasteiger partial charge on any atom is 0.222 e.